The van der Waals surface area contributed by atoms with Crippen LogP contribution in [0.3, 0.4) is 0 Å². The predicted molar refractivity (Wildman–Crippen MR) is 69.3 cm³/mol. The van der Waals surface area contributed by atoms with Crippen LogP contribution in [0.2, 0.25) is 5.02 Å². The zero-order valence-corrected chi connectivity index (χ0v) is 11.2. The highest BCUT2D eigenvalue weighted by Crippen LogP contribution is 2.20. The third-order valence-electron chi connectivity index (χ3n) is 2.22. The predicted octanol–water partition coefficient (Wildman–Crippen LogP) is 3.03. The maximum Gasteiger partial charge on any atom is 0.119 e. The second-order valence-corrected chi connectivity index (χ2v) is 4.08. The maximum absolute atomic E-state index is 11.7. The molecule has 3 nitrogen and oxygen atoms in total. The van der Waals surface area contributed by atoms with Gasteiger partial charge in [0.2, 0.25) is 0 Å². The summed E-state index contributed by atoms with van der Waals surface area (Å²) in [4.78, 5) is 0. The van der Waals surface area contributed by atoms with Crippen LogP contribution in [0.1, 0.15) is 5.56 Å². The summed E-state index contributed by atoms with van der Waals surface area (Å²) in [7, 11) is 0. The average Bonchev–Trinajstić information content (AvgIpc) is 2.37. The third kappa shape index (κ3) is 6.19. The largest absolute Gasteiger partial charge is 0.491 e. The average molecular weight is 277 g/mol. The van der Waals surface area contributed by atoms with Crippen LogP contribution in [0.25, 0.3) is 0 Å². The van der Waals surface area contributed by atoms with Crippen LogP contribution in [0, 0.1) is 6.92 Å². The molecule has 0 N–H and O–H groups in total. The van der Waals surface area contributed by atoms with Gasteiger partial charge in [-0.1, -0.05) is 11.6 Å². The SMILES string of the molecule is Cc1cc(OCCOCCOCCF)ccc1Cl. The first-order chi connectivity index (χ1) is 8.74. The molecule has 0 atom stereocenters. The van der Waals surface area contributed by atoms with Gasteiger partial charge in [0, 0.05) is 5.02 Å². The Morgan fingerprint density at radius 1 is 1.06 bits per heavy atom. The summed E-state index contributed by atoms with van der Waals surface area (Å²) in [5.41, 5.74) is 0.981. The van der Waals surface area contributed by atoms with Crippen molar-refractivity contribution in [1.82, 2.24) is 0 Å². The molecule has 5 heteroatoms. The van der Waals surface area contributed by atoms with Gasteiger partial charge in [-0.2, -0.15) is 0 Å². The van der Waals surface area contributed by atoms with E-state index in [1.54, 1.807) is 6.07 Å². The minimum Gasteiger partial charge on any atom is -0.491 e. The Hall–Kier alpha value is -0.840. The lowest BCUT2D eigenvalue weighted by Crippen LogP contribution is -2.11. The Kier molecular flexibility index (Phi) is 7.73. The molecule has 0 saturated carbocycles. The van der Waals surface area contributed by atoms with Gasteiger partial charge in [0.05, 0.1) is 26.4 Å². The summed E-state index contributed by atoms with van der Waals surface area (Å²) in [6.45, 7) is 3.38. The third-order valence-corrected chi connectivity index (χ3v) is 2.64. The van der Waals surface area contributed by atoms with Gasteiger partial charge in [-0.15, -0.1) is 0 Å². The molecule has 0 fully saturated rings. The van der Waals surface area contributed by atoms with Crippen molar-refractivity contribution in [3.05, 3.63) is 28.8 Å². The Morgan fingerprint density at radius 2 is 1.72 bits per heavy atom. The van der Waals surface area contributed by atoms with E-state index < -0.39 is 6.67 Å². The molecule has 1 aromatic carbocycles. The van der Waals surface area contributed by atoms with Crippen molar-refractivity contribution in [2.45, 2.75) is 6.92 Å². The van der Waals surface area contributed by atoms with E-state index in [2.05, 4.69) is 0 Å². The second-order valence-electron chi connectivity index (χ2n) is 3.67. The van der Waals surface area contributed by atoms with E-state index in [4.69, 9.17) is 25.8 Å². The van der Waals surface area contributed by atoms with Gasteiger partial charge >= 0.3 is 0 Å². The molecule has 0 bridgehead atoms. The molecule has 0 saturated heterocycles. The summed E-state index contributed by atoms with van der Waals surface area (Å²) in [5, 5.41) is 0.726. The number of ether oxygens (including phenoxy) is 3. The number of aryl methyl sites for hydroxylation is 1. The highest BCUT2D eigenvalue weighted by molar-refractivity contribution is 6.31. The quantitative estimate of drug-likeness (QED) is 0.649. The lowest BCUT2D eigenvalue weighted by molar-refractivity contribution is 0.0325. The Bertz CT molecular complexity index is 347. The fourth-order valence-electron chi connectivity index (χ4n) is 1.30. The number of hydrogen-bond donors (Lipinski definition) is 0. The normalized spacial score (nSPS) is 10.6. The van der Waals surface area contributed by atoms with Crippen LogP contribution < -0.4 is 4.74 Å². The van der Waals surface area contributed by atoms with Gasteiger partial charge < -0.3 is 14.2 Å². The number of rotatable bonds is 9. The summed E-state index contributed by atoms with van der Waals surface area (Å²) < 4.78 is 27.3. The zero-order valence-electron chi connectivity index (χ0n) is 10.5. The van der Waals surface area contributed by atoms with Gasteiger partial charge in [0.15, 0.2) is 0 Å². The van der Waals surface area contributed by atoms with Crippen molar-refractivity contribution in [3.63, 3.8) is 0 Å². The van der Waals surface area contributed by atoms with Crippen LogP contribution in [0.15, 0.2) is 18.2 Å². The minimum atomic E-state index is -0.459. The molecule has 0 aliphatic rings. The van der Waals surface area contributed by atoms with Crippen molar-refractivity contribution < 1.29 is 18.6 Å². The smallest absolute Gasteiger partial charge is 0.119 e. The molecule has 0 radical (unpaired) electrons. The lowest BCUT2D eigenvalue weighted by Gasteiger charge is -2.08. The molecule has 1 aromatic rings. The zero-order chi connectivity index (χ0) is 13.2. The number of halogens is 2. The summed E-state index contributed by atoms with van der Waals surface area (Å²) in [5.74, 6) is 0.772. The molecule has 1 rings (SSSR count). The van der Waals surface area contributed by atoms with E-state index in [1.807, 2.05) is 19.1 Å². The molecular formula is C13H18ClFO3. The first-order valence-electron chi connectivity index (χ1n) is 5.84. The topological polar surface area (TPSA) is 27.7 Å². The van der Waals surface area contributed by atoms with E-state index >= 15 is 0 Å². The van der Waals surface area contributed by atoms with E-state index in [9.17, 15) is 4.39 Å². The van der Waals surface area contributed by atoms with Crippen LogP contribution in [-0.2, 0) is 9.47 Å². The maximum atomic E-state index is 11.7. The molecule has 0 amide bonds. The number of hydrogen-bond acceptors (Lipinski definition) is 3. The molecule has 0 aliphatic heterocycles. The monoisotopic (exact) mass is 276 g/mol. The van der Waals surface area contributed by atoms with Crippen LogP contribution in [0.4, 0.5) is 4.39 Å². The highest BCUT2D eigenvalue weighted by atomic mass is 35.5. The lowest BCUT2D eigenvalue weighted by atomic mass is 10.2. The number of benzene rings is 1. The van der Waals surface area contributed by atoms with Crippen LogP contribution >= 0.6 is 11.6 Å². The van der Waals surface area contributed by atoms with Crippen LogP contribution in [0.5, 0.6) is 5.75 Å². The van der Waals surface area contributed by atoms with Crippen molar-refractivity contribution in [2.24, 2.45) is 0 Å². The molecule has 0 heterocycles. The van der Waals surface area contributed by atoms with Crippen LogP contribution in [-0.4, -0.2) is 39.7 Å². The molecule has 18 heavy (non-hydrogen) atoms. The first-order valence-corrected chi connectivity index (χ1v) is 6.22. The number of alkyl halides is 1. The standard InChI is InChI=1S/C13H18ClFO3/c1-11-10-12(2-3-13(11)14)18-9-8-17-7-6-16-5-4-15/h2-3,10H,4-9H2,1H3. The van der Waals surface area contributed by atoms with Gasteiger partial charge in [-0.05, 0) is 30.7 Å². The van der Waals surface area contributed by atoms with Crippen molar-refractivity contribution in [2.75, 3.05) is 39.7 Å². The first kappa shape index (κ1) is 15.2. The second kappa shape index (κ2) is 9.14. The fraction of sp³-hybridized carbons (Fsp3) is 0.538. The van der Waals surface area contributed by atoms with E-state index in [0.29, 0.717) is 26.4 Å². The van der Waals surface area contributed by atoms with Crippen molar-refractivity contribution in [3.8, 4) is 5.75 Å². The Morgan fingerprint density at radius 3 is 2.39 bits per heavy atom. The molecule has 0 aromatic heterocycles. The molecule has 0 aliphatic carbocycles. The summed E-state index contributed by atoms with van der Waals surface area (Å²) in [6.07, 6.45) is 0. The Labute approximate surface area is 112 Å². The van der Waals surface area contributed by atoms with E-state index in [1.165, 1.54) is 0 Å². The van der Waals surface area contributed by atoms with Gasteiger partial charge in [-0.3, -0.25) is 0 Å². The molecule has 0 spiro atoms. The van der Waals surface area contributed by atoms with Crippen molar-refractivity contribution in [1.29, 1.82) is 0 Å². The minimum absolute atomic E-state index is 0.129. The van der Waals surface area contributed by atoms with E-state index in [0.717, 1.165) is 16.3 Å². The molecule has 0 unspecified atom stereocenters. The van der Waals surface area contributed by atoms with Crippen molar-refractivity contribution >= 4 is 11.6 Å². The highest BCUT2D eigenvalue weighted by Gasteiger charge is 1.98. The van der Waals surface area contributed by atoms with E-state index in [-0.39, 0.29) is 6.61 Å². The summed E-state index contributed by atoms with van der Waals surface area (Å²) >= 11 is 5.90. The fourth-order valence-corrected chi connectivity index (χ4v) is 1.42. The van der Waals surface area contributed by atoms with Gasteiger partial charge in [-0.25, -0.2) is 4.39 Å². The molecular weight excluding hydrogens is 259 g/mol. The Balaban J connectivity index is 2.05. The molecule has 102 valence electrons. The van der Waals surface area contributed by atoms with Gasteiger partial charge in [0.1, 0.15) is 19.0 Å². The van der Waals surface area contributed by atoms with Gasteiger partial charge in [0.25, 0.3) is 0 Å². The summed E-state index contributed by atoms with van der Waals surface area (Å²) in [6, 6.07) is 5.50.